The third kappa shape index (κ3) is 5.78. The number of nitrogens with zero attached hydrogens (tertiary/aromatic N) is 2. The van der Waals surface area contributed by atoms with Gasteiger partial charge in [-0.2, -0.15) is 4.31 Å². The highest BCUT2D eigenvalue weighted by molar-refractivity contribution is 7.89. The van der Waals surface area contributed by atoms with Crippen LogP contribution in [0, 0.1) is 5.92 Å². The minimum Gasteiger partial charge on any atom is -0.379 e. The van der Waals surface area contributed by atoms with Gasteiger partial charge < -0.3 is 20.7 Å². The van der Waals surface area contributed by atoms with E-state index < -0.39 is 21.3 Å². The van der Waals surface area contributed by atoms with Gasteiger partial charge in [0.2, 0.25) is 21.8 Å². The Balaban J connectivity index is 1.63. The van der Waals surface area contributed by atoms with Crippen molar-refractivity contribution in [1.82, 2.24) is 4.31 Å². The molecule has 3 N–H and O–H groups in total. The van der Waals surface area contributed by atoms with Crippen molar-refractivity contribution < 1.29 is 22.7 Å². The summed E-state index contributed by atoms with van der Waals surface area (Å²) in [6.07, 6.45) is 1.10. The zero-order chi connectivity index (χ0) is 25.0. The zero-order valence-electron chi connectivity index (χ0n) is 19.2. The summed E-state index contributed by atoms with van der Waals surface area (Å²) in [4.78, 5) is 26.4. The number of alkyl halides is 1. The number of nitrogens with one attached hydrogen (secondary N) is 1. The third-order valence-electron chi connectivity index (χ3n) is 6.38. The van der Waals surface area contributed by atoms with E-state index in [1.165, 1.54) is 10.4 Å². The summed E-state index contributed by atoms with van der Waals surface area (Å²) in [7, 11) is -3.87. The van der Waals surface area contributed by atoms with Crippen LogP contribution in [0.3, 0.4) is 0 Å². The molecule has 0 aliphatic carbocycles. The number of carbonyl (C=O) groups excluding carboxylic acids is 2. The Labute approximate surface area is 210 Å². The third-order valence-corrected chi connectivity index (χ3v) is 8.75. The van der Waals surface area contributed by atoms with Gasteiger partial charge in [-0.05, 0) is 36.6 Å². The number of hydrogen-bond donors (Lipinski definition) is 2. The van der Waals surface area contributed by atoms with E-state index in [1.807, 2.05) is 11.0 Å². The summed E-state index contributed by atoms with van der Waals surface area (Å²) in [5.74, 6) is -1.01. The van der Waals surface area contributed by atoms with E-state index in [1.54, 1.807) is 36.4 Å². The number of amides is 2. The first-order valence-electron chi connectivity index (χ1n) is 11.5. The molecule has 1 unspecified atom stereocenters. The van der Waals surface area contributed by atoms with Crippen LogP contribution < -0.4 is 16.0 Å². The first-order valence-corrected chi connectivity index (χ1v) is 13.4. The second kappa shape index (κ2) is 10.9. The van der Waals surface area contributed by atoms with Crippen LogP contribution in [-0.4, -0.2) is 63.9 Å². The number of piperidine rings is 1. The molecule has 2 heterocycles. The van der Waals surface area contributed by atoms with Crippen molar-refractivity contribution in [2.24, 2.45) is 11.7 Å². The molecule has 11 heteroatoms. The van der Waals surface area contributed by atoms with Crippen molar-refractivity contribution in [2.75, 3.05) is 49.6 Å². The Kier molecular flexibility index (Phi) is 7.95. The number of ether oxygens (including phenoxy) is 1. The molecular formula is C24H29ClN4O5S. The summed E-state index contributed by atoms with van der Waals surface area (Å²) < 4.78 is 34.0. The minimum atomic E-state index is -3.87. The van der Waals surface area contributed by atoms with Gasteiger partial charge in [0.05, 0.1) is 18.9 Å². The number of anilines is 2. The minimum absolute atomic E-state index is 0.0977. The molecule has 188 valence electrons. The Hall–Kier alpha value is -2.66. The molecule has 9 nitrogen and oxygen atoms in total. The molecule has 0 saturated carbocycles. The summed E-state index contributed by atoms with van der Waals surface area (Å²) in [6.45, 7) is 2.14. The number of hydrogen-bond acceptors (Lipinski definition) is 6. The number of morpholine rings is 1. The predicted octanol–water partition coefficient (Wildman–Crippen LogP) is 2.33. The highest BCUT2D eigenvalue weighted by Crippen LogP contribution is 2.34. The van der Waals surface area contributed by atoms with Gasteiger partial charge in [-0.3, -0.25) is 9.59 Å². The fourth-order valence-electron chi connectivity index (χ4n) is 4.37. The van der Waals surface area contributed by atoms with Gasteiger partial charge in [0.25, 0.3) is 0 Å². The lowest BCUT2D eigenvalue weighted by atomic mass is 9.96. The fraction of sp³-hybridized carbons (Fsp3) is 0.417. The molecule has 0 aromatic heterocycles. The molecule has 2 aromatic carbocycles. The van der Waals surface area contributed by atoms with Crippen molar-refractivity contribution in [1.29, 1.82) is 0 Å². The van der Waals surface area contributed by atoms with E-state index in [4.69, 9.17) is 22.1 Å². The second-order valence-corrected chi connectivity index (χ2v) is 11.0. The first-order chi connectivity index (χ1) is 16.8. The number of benzene rings is 2. The van der Waals surface area contributed by atoms with Crippen LogP contribution in [0.2, 0.25) is 0 Å². The Morgan fingerprint density at radius 2 is 1.69 bits per heavy atom. The second-order valence-electron chi connectivity index (χ2n) is 8.63. The quantitative estimate of drug-likeness (QED) is 0.540. The van der Waals surface area contributed by atoms with Gasteiger partial charge in [0.1, 0.15) is 10.3 Å². The lowest BCUT2D eigenvalue weighted by Crippen LogP contribution is -2.42. The number of halogens is 1. The van der Waals surface area contributed by atoms with Gasteiger partial charge in [0.15, 0.2) is 0 Å². The Bertz CT molecular complexity index is 1160. The van der Waals surface area contributed by atoms with Crippen LogP contribution in [0.25, 0.3) is 0 Å². The highest BCUT2D eigenvalue weighted by atomic mass is 35.5. The molecule has 0 radical (unpaired) electrons. The lowest BCUT2D eigenvalue weighted by Gasteiger charge is -2.35. The molecule has 2 saturated heterocycles. The average molecular weight is 521 g/mol. The maximum Gasteiger partial charge on any atom is 0.246 e. The molecule has 0 spiro atoms. The number of nitrogens with two attached hydrogens (primary N) is 1. The first kappa shape index (κ1) is 25.4. The Morgan fingerprint density at radius 1 is 1.03 bits per heavy atom. The molecule has 2 aliphatic rings. The van der Waals surface area contributed by atoms with Crippen LogP contribution >= 0.6 is 11.6 Å². The van der Waals surface area contributed by atoms with Crippen molar-refractivity contribution in [2.45, 2.75) is 23.1 Å². The lowest BCUT2D eigenvalue weighted by molar-refractivity contribution is -0.122. The van der Waals surface area contributed by atoms with E-state index >= 15 is 0 Å². The molecule has 2 amide bonds. The van der Waals surface area contributed by atoms with E-state index in [0.29, 0.717) is 56.1 Å². The van der Waals surface area contributed by atoms with Crippen LogP contribution in [0.4, 0.5) is 11.4 Å². The molecule has 4 rings (SSSR count). The van der Waals surface area contributed by atoms with Gasteiger partial charge in [-0.1, -0.05) is 30.3 Å². The van der Waals surface area contributed by atoms with Crippen LogP contribution in [0.5, 0.6) is 0 Å². The Morgan fingerprint density at radius 3 is 2.31 bits per heavy atom. The maximum absolute atomic E-state index is 13.6. The average Bonchev–Trinajstić information content (AvgIpc) is 2.89. The number of carbonyl (C=O) groups is 2. The SMILES string of the molecule is NC(=O)C1CCN(c2ccc(NC(=O)C(Cl)c3ccccc3)cc2S(=O)(=O)N2CCOCC2)CC1. The summed E-state index contributed by atoms with van der Waals surface area (Å²) in [5, 5.41) is 1.82. The topological polar surface area (TPSA) is 122 Å². The largest absolute Gasteiger partial charge is 0.379 e. The molecule has 1 atom stereocenters. The van der Waals surface area contributed by atoms with Crippen molar-refractivity contribution in [3.05, 3.63) is 54.1 Å². The normalized spacial score (nSPS) is 18.7. The number of primary amides is 1. The van der Waals surface area contributed by atoms with E-state index in [9.17, 15) is 18.0 Å². The fourth-order valence-corrected chi connectivity index (χ4v) is 6.22. The van der Waals surface area contributed by atoms with Crippen LogP contribution in [0.15, 0.2) is 53.4 Å². The molecule has 35 heavy (non-hydrogen) atoms. The number of sulfonamides is 1. The smallest absolute Gasteiger partial charge is 0.246 e. The molecule has 2 aromatic rings. The van der Waals surface area contributed by atoms with Crippen molar-refractivity contribution >= 4 is 44.8 Å². The molecule has 2 aliphatic heterocycles. The molecule has 2 fully saturated rings. The molecule has 0 bridgehead atoms. The van der Waals surface area contributed by atoms with Gasteiger partial charge in [-0.15, -0.1) is 11.6 Å². The standard InChI is InChI=1S/C24H29ClN4O5S/c25-22(17-4-2-1-3-5-17)24(31)27-19-6-7-20(28-10-8-18(9-11-28)23(26)30)21(16-19)35(32,33)29-12-14-34-15-13-29/h1-7,16,18,22H,8-15H2,(H2,26,30)(H,27,31). The van der Waals surface area contributed by atoms with Crippen molar-refractivity contribution in [3.8, 4) is 0 Å². The van der Waals surface area contributed by atoms with E-state index in [2.05, 4.69) is 5.32 Å². The van der Waals surface area contributed by atoms with Crippen molar-refractivity contribution in [3.63, 3.8) is 0 Å². The monoisotopic (exact) mass is 520 g/mol. The maximum atomic E-state index is 13.6. The summed E-state index contributed by atoms with van der Waals surface area (Å²) >= 11 is 6.35. The number of rotatable bonds is 7. The van der Waals surface area contributed by atoms with Crippen LogP contribution in [0.1, 0.15) is 23.8 Å². The van der Waals surface area contributed by atoms with Gasteiger partial charge >= 0.3 is 0 Å². The summed E-state index contributed by atoms with van der Waals surface area (Å²) in [5.41, 5.74) is 6.96. The van der Waals surface area contributed by atoms with Crippen LogP contribution in [-0.2, 0) is 24.3 Å². The highest BCUT2D eigenvalue weighted by Gasteiger charge is 2.32. The van der Waals surface area contributed by atoms with Gasteiger partial charge in [-0.25, -0.2) is 8.42 Å². The van der Waals surface area contributed by atoms with E-state index in [0.717, 1.165) is 0 Å². The van der Waals surface area contributed by atoms with Gasteiger partial charge in [0, 0.05) is 37.8 Å². The van der Waals surface area contributed by atoms with E-state index in [-0.39, 0.29) is 29.8 Å². The molecular weight excluding hydrogens is 492 g/mol. The zero-order valence-corrected chi connectivity index (χ0v) is 20.8. The summed E-state index contributed by atoms with van der Waals surface area (Å²) in [6, 6.07) is 13.8. The predicted molar refractivity (Wildman–Crippen MR) is 134 cm³/mol.